The van der Waals surface area contributed by atoms with E-state index in [0.29, 0.717) is 44.0 Å². The maximum atomic E-state index is 13.2. The van der Waals surface area contributed by atoms with Gasteiger partial charge in [0.15, 0.2) is 0 Å². The van der Waals surface area contributed by atoms with E-state index in [4.69, 9.17) is 0 Å². The Kier molecular flexibility index (Phi) is 3.51. The van der Waals surface area contributed by atoms with Gasteiger partial charge in [0.1, 0.15) is 5.69 Å². The molecule has 8 heteroatoms. The third kappa shape index (κ3) is 2.44. The van der Waals surface area contributed by atoms with Crippen molar-refractivity contribution in [3.8, 4) is 0 Å². The summed E-state index contributed by atoms with van der Waals surface area (Å²) in [7, 11) is 0. The first-order chi connectivity index (χ1) is 11.7. The standard InChI is InChI=1S/C16H16FN5O2/c17-14-3-1-2-11(18-14)8-21-6-7-22-15(16(21)24)12-9-20(10-23)5-4-13(12)19-22/h1-3,10H,4-9H2. The number of fused-ring (bicyclic) bond motifs is 3. The number of amides is 2. The van der Waals surface area contributed by atoms with Crippen LogP contribution in [-0.2, 0) is 30.8 Å². The van der Waals surface area contributed by atoms with Gasteiger partial charge < -0.3 is 9.80 Å². The van der Waals surface area contributed by atoms with E-state index in [9.17, 15) is 14.0 Å². The highest BCUT2D eigenvalue weighted by molar-refractivity contribution is 5.95. The lowest BCUT2D eigenvalue weighted by atomic mass is 10.0. The van der Waals surface area contributed by atoms with Gasteiger partial charge in [0, 0.05) is 31.6 Å². The Morgan fingerprint density at radius 1 is 1.25 bits per heavy atom. The van der Waals surface area contributed by atoms with Crippen molar-refractivity contribution < 1.29 is 14.0 Å². The van der Waals surface area contributed by atoms with E-state index >= 15 is 0 Å². The van der Waals surface area contributed by atoms with Gasteiger partial charge in [-0.3, -0.25) is 14.3 Å². The lowest BCUT2D eigenvalue weighted by Gasteiger charge is -2.29. The van der Waals surface area contributed by atoms with Crippen molar-refractivity contribution in [2.75, 3.05) is 13.1 Å². The number of carbonyl (C=O) groups excluding carboxylic acids is 2. The van der Waals surface area contributed by atoms with Crippen molar-refractivity contribution in [1.82, 2.24) is 24.6 Å². The molecule has 0 aliphatic carbocycles. The number of carbonyl (C=O) groups is 2. The minimum absolute atomic E-state index is 0.145. The van der Waals surface area contributed by atoms with Crippen molar-refractivity contribution in [2.45, 2.75) is 26.1 Å². The average Bonchev–Trinajstić information content (AvgIpc) is 2.95. The third-order valence-corrected chi connectivity index (χ3v) is 4.48. The number of pyridine rings is 1. The molecule has 124 valence electrons. The minimum Gasteiger partial charge on any atom is -0.340 e. The van der Waals surface area contributed by atoms with Gasteiger partial charge in [-0.05, 0) is 12.1 Å². The summed E-state index contributed by atoms with van der Waals surface area (Å²) in [5.74, 6) is -0.699. The van der Waals surface area contributed by atoms with Crippen LogP contribution in [0.5, 0.6) is 0 Å². The first-order valence-electron chi connectivity index (χ1n) is 7.84. The molecule has 7 nitrogen and oxygen atoms in total. The predicted molar refractivity (Wildman–Crippen MR) is 81.3 cm³/mol. The highest BCUT2D eigenvalue weighted by Crippen LogP contribution is 2.25. The Balaban J connectivity index is 1.62. The van der Waals surface area contributed by atoms with E-state index in [1.807, 2.05) is 0 Å². The zero-order valence-corrected chi connectivity index (χ0v) is 13.0. The molecule has 4 heterocycles. The first-order valence-corrected chi connectivity index (χ1v) is 7.84. The largest absolute Gasteiger partial charge is 0.340 e. The SMILES string of the molecule is O=CN1CCc2nn3c(c2C1)C(=O)N(Cc1cccc(F)n1)CC3. The number of halogens is 1. The average molecular weight is 329 g/mol. The van der Waals surface area contributed by atoms with Crippen molar-refractivity contribution in [1.29, 1.82) is 0 Å². The van der Waals surface area contributed by atoms with Gasteiger partial charge >= 0.3 is 0 Å². The third-order valence-electron chi connectivity index (χ3n) is 4.48. The molecule has 0 fully saturated rings. The van der Waals surface area contributed by atoms with Gasteiger partial charge in [0.2, 0.25) is 12.4 Å². The fourth-order valence-electron chi connectivity index (χ4n) is 3.29. The van der Waals surface area contributed by atoms with Crippen LogP contribution in [0.25, 0.3) is 0 Å². The highest BCUT2D eigenvalue weighted by atomic mass is 19.1. The van der Waals surface area contributed by atoms with Gasteiger partial charge in [0.25, 0.3) is 5.91 Å². The molecular weight excluding hydrogens is 313 g/mol. The summed E-state index contributed by atoms with van der Waals surface area (Å²) < 4.78 is 15.0. The van der Waals surface area contributed by atoms with E-state index in [0.717, 1.165) is 17.7 Å². The number of nitrogens with zero attached hydrogens (tertiary/aromatic N) is 5. The van der Waals surface area contributed by atoms with Crippen LogP contribution >= 0.6 is 0 Å². The molecule has 0 N–H and O–H groups in total. The summed E-state index contributed by atoms with van der Waals surface area (Å²) in [6.45, 7) is 2.38. The summed E-state index contributed by atoms with van der Waals surface area (Å²) in [6, 6.07) is 4.56. The van der Waals surface area contributed by atoms with Crippen LogP contribution in [0, 0.1) is 5.95 Å². The van der Waals surface area contributed by atoms with E-state index in [2.05, 4.69) is 10.1 Å². The monoisotopic (exact) mass is 329 g/mol. The number of hydrogen-bond acceptors (Lipinski definition) is 4. The smallest absolute Gasteiger partial charge is 0.272 e. The Hall–Kier alpha value is -2.77. The fourth-order valence-corrected chi connectivity index (χ4v) is 3.29. The van der Waals surface area contributed by atoms with Crippen LogP contribution in [0.1, 0.15) is 27.4 Å². The van der Waals surface area contributed by atoms with E-state index in [1.165, 1.54) is 6.07 Å². The molecule has 2 aromatic rings. The number of aromatic nitrogens is 3. The molecule has 2 aromatic heterocycles. The molecule has 4 rings (SSSR count). The molecule has 0 unspecified atom stereocenters. The van der Waals surface area contributed by atoms with E-state index in [1.54, 1.807) is 26.6 Å². The highest BCUT2D eigenvalue weighted by Gasteiger charge is 2.33. The van der Waals surface area contributed by atoms with Crippen molar-refractivity contribution in [3.05, 3.63) is 46.8 Å². The quantitative estimate of drug-likeness (QED) is 0.610. The molecule has 0 atom stereocenters. The molecule has 2 aliphatic heterocycles. The number of hydrogen-bond donors (Lipinski definition) is 0. The van der Waals surface area contributed by atoms with Crippen LogP contribution < -0.4 is 0 Å². The van der Waals surface area contributed by atoms with Crippen LogP contribution in [0.3, 0.4) is 0 Å². The summed E-state index contributed by atoms with van der Waals surface area (Å²) in [6.07, 6.45) is 1.46. The second-order valence-corrected chi connectivity index (χ2v) is 6.00. The molecule has 0 saturated heterocycles. The Labute approximate surface area is 137 Å². The molecule has 0 aromatic carbocycles. The van der Waals surface area contributed by atoms with Gasteiger partial charge in [-0.2, -0.15) is 9.49 Å². The lowest BCUT2D eigenvalue weighted by molar-refractivity contribution is -0.118. The minimum atomic E-state index is -0.555. The van der Waals surface area contributed by atoms with Crippen molar-refractivity contribution in [3.63, 3.8) is 0 Å². The predicted octanol–water partition coefficient (Wildman–Crippen LogP) is 0.588. The zero-order valence-electron chi connectivity index (χ0n) is 13.0. The molecule has 0 saturated carbocycles. The van der Waals surface area contributed by atoms with Crippen LogP contribution in [0.15, 0.2) is 18.2 Å². The summed E-state index contributed by atoms with van der Waals surface area (Å²) in [5.41, 5.74) is 2.77. The zero-order chi connectivity index (χ0) is 16.7. The van der Waals surface area contributed by atoms with Crippen molar-refractivity contribution in [2.24, 2.45) is 0 Å². The fraction of sp³-hybridized carbons (Fsp3) is 0.375. The second-order valence-electron chi connectivity index (χ2n) is 6.00. The van der Waals surface area contributed by atoms with Crippen LogP contribution in [0.2, 0.25) is 0 Å². The molecule has 0 spiro atoms. The second kappa shape index (κ2) is 5.70. The Morgan fingerprint density at radius 3 is 2.92 bits per heavy atom. The summed E-state index contributed by atoms with van der Waals surface area (Å²) in [5, 5.41) is 4.52. The van der Waals surface area contributed by atoms with E-state index < -0.39 is 5.95 Å². The lowest BCUT2D eigenvalue weighted by Crippen LogP contribution is -2.41. The van der Waals surface area contributed by atoms with Crippen LogP contribution in [0.4, 0.5) is 4.39 Å². The molecule has 24 heavy (non-hydrogen) atoms. The van der Waals surface area contributed by atoms with Crippen molar-refractivity contribution >= 4 is 12.3 Å². The van der Waals surface area contributed by atoms with Crippen LogP contribution in [-0.4, -0.2) is 50.0 Å². The molecule has 2 aliphatic rings. The molecular formula is C16H16FN5O2. The maximum Gasteiger partial charge on any atom is 0.272 e. The van der Waals surface area contributed by atoms with Gasteiger partial charge in [-0.25, -0.2) is 4.98 Å². The Bertz CT molecular complexity index is 819. The summed E-state index contributed by atoms with van der Waals surface area (Å²) in [4.78, 5) is 31.0. The van der Waals surface area contributed by atoms with Gasteiger partial charge in [-0.15, -0.1) is 0 Å². The number of rotatable bonds is 3. The molecule has 0 bridgehead atoms. The molecule has 0 radical (unpaired) electrons. The maximum absolute atomic E-state index is 13.2. The first kappa shape index (κ1) is 14.8. The normalized spacial score (nSPS) is 16.8. The van der Waals surface area contributed by atoms with Gasteiger partial charge in [-0.1, -0.05) is 6.07 Å². The topological polar surface area (TPSA) is 71.3 Å². The summed E-state index contributed by atoms with van der Waals surface area (Å²) >= 11 is 0. The Morgan fingerprint density at radius 2 is 2.12 bits per heavy atom. The van der Waals surface area contributed by atoms with E-state index in [-0.39, 0.29) is 12.5 Å². The van der Waals surface area contributed by atoms with Gasteiger partial charge in [0.05, 0.1) is 24.5 Å². The molecule has 2 amide bonds.